The average Bonchev–Trinajstić information content (AvgIpc) is 2.74. The third-order valence-electron chi connectivity index (χ3n) is 4.72. The fraction of sp³-hybridized carbons (Fsp3) is 0.318. The zero-order valence-corrected chi connectivity index (χ0v) is 16.1. The van der Waals surface area contributed by atoms with Crippen LogP contribution in [-0.4, -0.2) is 30.5 Å². The molecule has 7 heteroatoms. The molecule has 29 heavy (non-hydrogen) atoms. The van der Waals surface area contributed by atoms with Gasteiger partial charge in [0.15, 0.2) is 6.61 Å². The van der Waals surface area contributed by atoms with Crippen molar-refractivity contribution in [2.45, 2.75) is 38.1 Å². The minimum absolute atomic E-state index is 0.111. The minimum Gasteiger partial charge on any atom is -0.483 e. The van der Waals surface area contributed by atoms with Gasteiger partial charge in [0.25, 0.3) is 11.8 Å². The van der Waals surface area contributed by atoms with Gasteiger partial charge < -0.3 is 15.4 Å². The molecule has 2 aromatic rings. The molecule has 0 spiro atoms. The maximum atomic E-state index is 12.5. The second-order valence-corrected chi connectivity index (χ2v) is 6.96. The van der Waals surface area contributed by atoms with Crippen molar-refractivity contribution < 1.29 is 19.1 Å². The molecule has 7 nitrogen and oxygen atoms in total. The topological polar surface area (TPSA) is 96.5 Å². The molecule has 0 unspecified atom stereocenters. The van der Waals surface area contributed by atoms with Gasteiger partial charge in [-0.3, -0.25) is 14.9 Å². The van der Waals surface area contributed by atoms with Crippen LogP contribution in [0.3, 0.4) is 0 Å². The van der Waals surface area contributed by atoms with E-state index >= 15 is 0 Å². The van der Waals surface area contributed by atoms with Crippen molar-refractivity contribution in [1.82, 2.24) is 10.6 Å². The van der Waals surface area contributed by atoms with Crippen LogP contribution in [-0.2, 0) is 4.79 Å². The third kappa shape index (κ3) is 6.34. The van der Waals surface area contributed by atoms with E-state index < -0.39 is 11.9 Å². The van der Waals surface area contributed by atoms with Crippen molar-refractivity contribution in [2.75, 3.05) is 11.9 Å². The predicted molar refractivity (Wildman–Crippen MR) is 110 cm³/mol. The smallest absolute Gasteiger partial charge is 0.321 e. The van der Waals surface area contributed by atoms with Crippen LogP contribution in [0.5, 0.6) is 5.75 Å². The van der Waals surface area contributed by atoms with Crippen LogP contribution >= 0.6 is 0 Å². The largest absolute Gasteiger partial charge is 0.483 e. The molecule has 1 aliphatic rings. The fourth-order valence-corrected chi connectivity index (χ4v) is 3.27. The number of anilines is 1. The molecular formula is C22H25N3O4. The van der Waals surface area contributed by atoms with Gasteiger partial charge >= 0.3 is 6.03 Å². The average molecular weight is 395 g/mol. The van der Waals surface area contributed by atoms with E-state index in [1.807, 2.05) is 18.2 Å². The van der Waals surface area contributed by atoms with Crippen molar-refractivity contribution in [2.24, 2.45) is 0 Å². The molecule has 0 atom stereocenters. The summed E-state index contributed by atoms with van der Waals surface area (Å²) < 4.78 is 5.50. The monoisotopic (exact) mass is 395 g/mol. The quantitative estimate of drug-likeness (QED) is 0.698. The van der Waals surface area contributed by atoms with Gasteiger partial charge in [-0.05, 0) is 37.1 Å². The number of imide groups is 1. The predicted octanol–water partition coefficient (Wildman–Crippen LogP) is 3.48. The lowest BCUT2D eigenvalue weighted by Crippen LogP contribution is -2.46. The molecule has 0 radical (unpaired) electrons. The number of rotatable bonds is 6. The van der Waals surface area contributed by atoms with Crippen molar-refractivity contribution >= 4 is 23.5 Å². The van der Waals surface area contributed by atoms with Gasteiger partial charge in [-0.1, -0.05) is 49.6 Å². The highest BCUT2D eigenvalue weighted by Crippen LogP contribution is 2.20. The van der Waals surface area contributed by atoms with E-state index in [9.17, 15) is 14.4 Å². The van der Waals surface area contributed by atoms with Gasteiger partial charge in [-0.25, -0.2) is 4.79 Å². The maximum absolute atomic E-state index is 12.5. The maximum Gasteiger partial charge on any atom is 0.321 e. The first-order valence-electron chi connectivity index (χ1n) is 9.80. The molecule has 3 rings (SSSR count). The van der Waals surface area contributed by atoms with Crippen LogP contribution < -0.4 is 20.7 Å². The second kappa shape index (κ2) is 10.3. The van der Waals surface area contributed by atoms with E-state index in [0.717, 1.165) is 25.7 Å². The molecule has 152 valence electrons. The molecule has 0 saturated heterocycles. The Bertz CT molecular complexity index is 848. The number of ether oxygens (including phenoxy) is 1. The normalized spacial score (nSPS) is 13.9. The second-order valence-electron chi connectivity index (χ2n) is 6.96. The molecule has 0 heterocycles. The lowest BCUT2D eigenvalue weighted by molar-refractivity contribution is -0.122. The lowest BCUT2D eigenvalue weighted by atomic mass is 9.96. The van der Waals surface area contributed by atoms with Crippen molar-refractivity contribution in [3.05, 3.63) is 60.2 Å². The van der Waals surface area contributed by atoms with E-state index in [0.29, 0.717) is 11.3 Å². The number of hydrogen-bond acceptors (Lipinski definition) is 4. The van der Waals surface area contributed by atoms with Gasteiger partial charge in [-0.2, -0.15) is 0 Å². The first-order chi connectivity index (χ1) is 14.1. The fourth-order valence-electron chi connectivity index (χ4n) is 3.27. The summed E-state index contributed by atoms with van der Waals surface area (Å²) in [4.78, 5) is 36.5. The SMILES string of the molecule is O=C(COc1ccccc1C(=O)Nc1ccccc1)NC(=O)NC1CCCCC1. The number of carbonyl (C=O) groups excluding carboxylic acids is 3. The van der Waals surface area contributed by atoms with Gasteiger partial charge in [0, 0.05) is 11.7 Å². The summed E-state index contributed by atoms with van der Waals surface area (Å²) >= 11 is 0. The van der Waals surface area contributed by atoms with Gasteiger partial charge in [0.2, 0.25) is 0 Å². The molecule has 1 saturated carbocycles. The summed E-state index contributed by atoms with van der Waals surface area (Å²) in [6, 6.07) is 15.3. The number of benzene rings is 2. The molecule has 0 aliphatic heterocycles. The number of carbonyl (C=O) groups is 3. The highest BCUT2D eigenvalue weighted by atomic mass is 16.5. The van der Waals surface area contributed by atoms with Crippen molar-refractivity contribution in [1.29, 1.82) is 0 Å². The first-order valence-corrected chi connectivity index (χ1v) is 9.80. The molecule has 0 bridgehead atoms. The number of hydrogen-bond donors (Lipinski definition) is 3. The highest BCUT2D eigenvalue weighted by Gasteiger charge is 2.18. The summed E-state index contributed by atoms with van der Waals surface area (Å²) in [6.07, 6.45) is 5.22. The molecule has 1 aliphatic carbocycles. The summed E-state index contributed by atoms with van der Waals surface area (Å²) in [5.74, 6) is -0.650. The third-order valence-corrected chi connectivity index (χ3v) is 4.72. The van der Waals surface area contributed by atoms with E-state index in [1.165, 1.54) is 6.42 Å². The van der Waals surface area contributed by atoms with Crippen molar-refractivity contribution in [3.8, 4) is 5.75 Å². The Hall–Kier alpha value is -3.35. The van der Waals surface area contributed by atoms with Crippen LogP contribution in [0.1, 0.15) is 42.5 Å². The Labute approximate surface area is 169 Å². The zero-order valence-electron chi connectivity index (χ0n) is 16.1. The van der Waals surface area contributed by atoms with Gasteiger partial charge in [0.1, 0.15) is 5.75 Å². The molecule has 3 N–H and O–H groups in total. The van der Waals surface area contributed by atoms with Gasteiger partial charge in [0.05, 0.1) is 5.56 Å². The van der Waals surface area contributed by atoms with Crippen molar-refractivity contribution in [3.63, 3.8) is 0 Å². The number of amides is 4. The van der Waals surface area contributed by atoms with E-state index in [-0.39, 0.29) is 24.3 Å². The zero-order chi connectivity index (χ0) is 20.5. The standard InChI is InChI=1S/C22H25N3O4/c26-20(25-22(28)24-17-11-5-2-6-12-17)15-29-19-14-8-7-13-18(19)21(27)23-16-9-3-1-4-10-16/h1,3-4,7-10,13-14,17H,2,5-6,11-12,15H2,(H,23,27)(H2,24,25,26,28). The molecule has 2 aromatic carbocycles. The van der Waals surface area contributed by atoms with E-state index in [4.69, 9.17) is 4.74 Å². The molecule has 1 fully saturated rings. The Kier molecular flexibility index (Phi) is 7.22. The minimum atomic E-state index is -0.573. The Morgan fingerprint density at radius 1 is 0.897 bits per heavy atom. The Balaban J connectivity index is 1.51. The lowest BCUT2D eigenvalue weighted by Gasteiger charge is -2.22. The van der Waals surface area contributed by atoms with Crippen LogP contribution in [0.2, 0.25) is 0 Å². The van der Waals surface area contributed by atoms with E-state index in [2.05, 4.69) is 16.0 Å². The van der Waals surface area contributed by atoms with Crippen LogP contribution in [0, 0.1) is 0 Å². The highest BCUT2D eigenvalue weighted by molar-refractivity contribution is 6.06. The summed E-state index contributed by atoms with van der Waals surface area (Å²) in [7, 11) is 0. The van der Waals surface area contributed by atoms with Crippen LogP contribution in [0.25, 0.3) is 0 Å². The number of nitrogens with one attached hydrogen (secondary N) is 3. The van der Waals surface area contributed by atoms with Gasteiger partial charge in [-0.15, -0.1) is 0 Å². The van der Waals surface area contributed by atoms with Crippen LogP contribution in [0.15, 0.2) is 54.6 Å². The number of para-hydroxylation sites is 2. The Morgan fingerprint density at radius 3 is 2.34 bits per heavy atom. The summed E-state index contributed by atoms with van der Waals surface area (Å²) in [6.45, 7) is -0.367. The molecule has 0 aromatic heterocycles. The first kappa shape index (κ1) is 20.4. The summed E-state index contributed by atoms with van der Waals surface area (Å²) in [5, 5.41) is 7.87. The van der Waals surface area contributed by atoms with E-state index in [1.54, 1.807) is 36.4 Å². The number of urea groups is 1. The molecule has 4 amide bonds. The van der Waals surface area contributed by atoms with Crippen LogP contribution in [0.4, 0.5) is 10.5 Å². The Morgan fingerprint density at radius 2 is 1.59 bits per heavy atom. The summed E-state index contributed by atoms with van der Waals surface area (Å²) in [5.41, 5.74) is 0.959. The molecular weight excluding hydrogens is 370 g/mol.